The third-order valence-corrected chi connectivity index (χ3v) is 2.78. The minimum absolute atomic E-state index is 0.0260. The molecule has 1 heterocycles. The van der Waals surface area contributed by atoms with E-state index in [9.17, 15) is 0 Å². The first-order valence-electron chi connectivity index (χ1n) is 6.55. The third-order valence-electron chi connectivity index (χ3n) is 2.53. The molecule has 3 nitrogen and oxygen atoms in total. The first-order valence-corrected chi connectivity index (χ1v) is 6.93. The molecular formula is C16H19ClN2O. The maximum atomic E-state index is 5.85. The summed E-state index contributed by atoms with van der Waals surface area (Å²) >= 11 is 5.85. The van der Waals surface area contributed by atoms with Crippen LogP contribution in [0.1, 0.15) is 26.3 Å². The molecule has 0 bridgehead atoms. The maximum Gasteiger partial charge on any atom is 0.215 e. The highest BCUT2D eigenvalue weighted by Crippen LogP contribution is 2.17. The normalized spacial score (nSPS) is 11.2. The number of benzene rings is 1. The summed E-state index contributed by atoms with van der Waals surface area (Å²) in [6.07, 6.45) is 0. The highest BCUT2D eigenvalue weighted by molar-refractivity contribution is 6.30. The molecule has 2 aromatic rings. The van der Waals surface area contributed by atoms with Crippen molar-refractivity contribution >= 4 is 17.4 Å². The second-order valence-electron chi connectivity index (χ2n) is 5.65. The Bertz CT molecular complexity index is 561. The smallest absolute Gasteiger partial charge is 0.215 e. The van der Waals surface area contributed by atoms with Crippen molar-refractivity contribution in [2.45, 2.75) is 32.9 Å². The summed E-state index contributed by atoms with van der Waals surface area (Å²) in [4.78, 5) is 4.43. The van der Waals surface area contributed by atoms with Gasteiger partial charge in [-0.3, -0.25) is 0 Å². The summed E-state index contributed by atoms with van der Waals surface area (Å²) in [6, 6.07) is 13.3. The molecule has 20 heavy (non-hydrogen) atoms. The zero-order chi connectivity index (χ0) is 14.6. The van der Waals surface area contributed by atoms with E-state index in [1.807, 2.05) is 42.5 Å². The van der Waals surface area contributed by atoms with Gasteiger partial charge in [0.15, 0.2) is 0 Å². The molecule has 1 N–H and O–H groups in total. The summed E-state index contributed by atoms with van der Waals surface area (Å²) in [5.74, 6) is 1.42. The predicted molar refractivity (Wildman–Crippen MR) is 83.4 cm³/mol. The van der Waals surface area contributed by atoms with Crippen molar-refractivity contribution in [2.75, 3.05) is 5.32 Å². The van der Waals surface area contributed by atoms with Crippen LogP contribution in [0.5, 0.6) is 5.88 Å². The minimum Gasteiger partial charge on any atom is -0.473 e. The van der Waals surface area contributed by atoms with Gasteiger partial charge in [0, 0.05) is 16.6 Å². The number of anilines is 1. The number of hydrogen-bond acceptors (Lipinski definition) is 3. The van der Waals surface area contributed by atoms with Gasteiger partial charge < -0.3 is 10.1 Å². The summed E-state index contributed by atoms with van der Waals surface area (Å²) in [6.45, 7) is 6.75. The lowest BCUT2D eigenvalue weighted by Gasteiger charge is -2.21. The number of aromatic nitrogens is 1. The Morgan fingerprint density at radius 2 is 1.80 bits per heavy atom. The van der Waals surface area contributed by atoms with E-state index >= 15 is 0 Å². The van der Waals surface area contributed by atoms with Crippen LogP contribution in [-0.2, 0) is 6.61 Å². The Labute approximate surface area is 124 Å². The van der Waals surface area contributed by atoms with Crippen molar-refractivity contribution in [3.63, 3.8) is 0 Å². The molecule has 0 aliphatic heterocycles. The van der Waals surface area contributed by atoms with Gasteiger partial charge in [-0.2, -0.15) is 4.98 Å². The molecule has 0 unspecified atom stereocenters. The Morgan fingerprint density at radius 3 is 2.45 bits per heavy atom. The molecule has 0 spiro atoms. The topological polar surface area (TPSA) is 34.1 Å². The van der Waals surface area contributed by atoms with E-state index in [4.69, 9.17) is 16.3 Å². The van der Waals surface area contributed by atoms with E-state index < -0.39 is 0 Å². The highest BCUT2D eigenvalue weighted by atomic mass is 35.5. The lowest BCUT2D eigenvalue weighted by atomic mass is 10.1. The Morgan fingerprint density at radius 1 is 1.10 bits per heavy atom. The summed E-state index contributed by atoms with van der Waals surface area (Å²) in [7, 11) is 0. The molecule has 0 aliphatic carbocycles. The van der Waals surface area contributed by atoms with Gasteiger partial charge in [-0.15, -0.1) is 0 Å². The fraction of sp³-hybridized carbons (Fsp3) is 0.312. The van der Waals surface area contributed by atoms with Crippen LogP contribution in [0.15, 0.2) is 42.5 Å². The Hall–Kier alpha value is -1.74. The molecule has 0 fully saturated rings. The Balaban J connectivity index is 1.99. The number of pyridine rings is 1. The zero-order valence-electron chi connectivity index (χ0n) is 12.0. The van der Waals surface area contributed by atoms with Crippen molar-refractivity contribution < 1.29 is 4.74 Å². The highest BCUT2D eigenvalue weighted by Gasteiger charge is 2.10. The van der Waals surface area contributed by atoms with Gasteiger partial charge in [0.25, 0.3) is 0 Å². The van der Waals surface area contributed by atoms with Crippen LogP contribution in [0, 0.1) is 0 Å². The standard InChI is InChI=1S/C16H19ClN2O/c1-16(2,3)19-14-5-4-6-15(18-14)20-11-12-7-9-13(17)10-8-12/h4-10H,11H2,1-3H3,(H,18,19). The average molecular weight is 291 g/mol. The maximum absolute atomic E-state index is 5.85. The van der Waals surface area contributed by atoms with Gasteiger partial charge in [0.2, 0.25) is 5.88 Å². The number of rotatable bonds is 4. The third kappa shape index (κ3) is 4.74. The van der Waals surface area contributed by atoms with Crippen LogP contribution < -0.4 is 10.1 Å². The quantitative estimate of drug-likeness (QED) is 0.898. The van der Waals surface area contributed by atoms with E-state index in [-0.39, 0.29) is 5.54 Å². The minimum atomic E-state index is -0.0260. The van der Waals surface area contributed by atoms with Crippen LogP contribution in [0.25, 0.3) is 0 Å². The fourth-order valence-corrected chi connectivity index (χ4v) is 1.81. The molecule has 106 valence electrons. The van der Waals surface area contributed by atoms with Crippen molar-refractivity contribution in [1.82, 2.24) is 4.98 Å². The molecule has 0 saturated carbocycles. The largest absolute Gasteiger partial charge is 0.473 e. The van der Waals surface area contributed by atoms with Gasteiger partial charge in [0.05, 0.1) is 0 Å². The first kappa shape index (κ1) is 14.7. The van der Waals surface area contributed by atoms with Crippen LogP contribution in [-0.4, -0.2) is 10.5 Å². The van der Waals surface area contributed by atoms with Gasteiger partial charge >= 0.3 is 0 Å². The number of ether oxygens (including phenoxy) is 1. The predicted octanol–water partition coefficient (Wildman–Crippen LogP) is 4.52. The van der Waals surface area contributed by atoms with Crippen molar-refractivity contribution in [1.29, 1.82) is 0 Å². The van der Waals surface area contributed by atoms with Crippen LogP contribution in [0.2, 0.25) is 5.02 Å². The summed E-state index contributed by atoms with van der Waals surface area (Å²) < 4.78 is 5.69. The van der Waals surface area contributed by atoms with E-state index in [2.05, 4.69) is 31.1 Å². The van der Waals surface area contributed by atoms with E-state index in [1.165, 1.54) is 0 Å². The number of hydrogen-bond donors (Lipinski definition) is 1. The second-order valence-corrected chi connectivity index (χ2v) is 6.09. The molecule has 0 radical (unpaired) electrons. The van der Waals surface area contributed by atoms with Crippen molar-refractivity contribution in [3.8, 4) is 5.88 Å². The Kier molecular flexibility index (Phi) is 4.50. The van der Waals surface area contributed by atoms with Crippen LogP contribution >= 0.6 is 11.6 Å². The summed E-state index contributed by atoms with van der Waals surface area (Å²) in [5, 5.41) is 4.04. The van der Waals surface area contributed by atoms with E-state index in [0.29, 0.717) is 12.5 Å². The SMILES string of the molecule is CC(C)(C)Nc1cccc(OCc2ccc(Cl)cc2)n1. The van der Waals surface area contributed by atoms with Crippen LogP contribution in [0.4, 0.5) is 5.82 Å². The van der Waals surface area contributed by atoms with Gasteiger partial charge in [-0.1, -0.05) is 29.8 Å². The van der Waals surface area contributed by atoms with E-state index in [0.717, 1.165) is 16.4 Å². The molecule has 0 atom stereocenters. The van der Waals surface area contributed by atoms with Crippen molar-refractivity contribution in [2.24, 2.45) is 0 Å². The molecule has 1 aromatic heterocycles. The molecule has 2 rings (SSSR count). The monoisotopic (exact) mass is 290 g/mol. The molecular weight excluding hydrogens is 272 g/mol. The fourth-order valence-electron chi connectivity index (χ4n) is 1.69. The average Bonchev–Trinajstić information content (AvgIpc) is 2.36. The molecule has 4 heteroatoms. The van der Waals surface area contributed by atoms with Gasteiger partial charge in [0.1, 0.15) is 12.4 Å². The molecule has 1 aromatic carbocycles. The summed E-state index contributed by atoms with van der Waals surface area (Å²) in [5.41, 5.74) is 1.03. The number of nitrogens with one attached hydrogen (secondary N) is 1. The lowest BCUT2D eigenvalue weighted by molar-refractivity contribution is 0.294. The van der Waals surface area contributed by atoms with Crippen LogP contribution in [0.3, 0.4) is 0 Å². The number of halogens is 1. The van der Waals surface area contributed by atoms with E-state index in [1.54, 1.807) is 0 Å². The zero-order valence-corrected chi connectivity index (χ0v) is 12.7. The van der Waals surface area contributed by atoms with Gasteiger partial charge in [-0.25, -0.2) is 0 Å². The molecule has 0 saturated heterocycles. The van der Waals surface area contributed by atoms with Gasteiger partial charge in [-0.05, 0) is 44.5 Å². The lowest BCUT2D eigenvalue weighted by Crippen LogP contribution is -2.26. The molecule has 0 amide bonds. The molecule has 0 aliphatic rings. The first-order chi connectivity index (χ1) is 9.42. The van der Waals surface area contributed by atoms with Crippen molar-refractivity contribution in [3.05, 3.63) is 53.1 Å². The number of nitrogens with zero attached hydrogens (tertiary/aromatic N) is 1. The second kappa shape index (κ2) is 6.14.